The molecule has 0 aliphatic rings. The number of hydrogen-bond donors (Lipinski definition) is 1. The number of halogens is 3. The topological polar surface area (TPSA) is 86.8 Å². The Morgan fingerprint density at radius 2 is 1.60 bits per heavy atom. The summed E-state index contributed by atoms with van der Waals surface area (Å²) >= 11 is 18.4. The molecule has 2 amide bonds. The fourth-order valence-electron chi connectivity index (χ4n) is 4.06. The summed E-state index contributed by atoms with van der Waals surface area (Å²) in [6.45, 7) is 7.00. The number of aryl methyl sites for hydroxylation is 2. The second-order valence-corrected chi connectivity index (χ2v) is 12.6. The van der Waals surface area contributed by atoms with E-state index >= 15 is 0 Å². The molecule has 40 heavy (non-hydrogen) atoms. The SMILES string of the molecule is CCCNC(=O)[C@@H](C)N(Cc1ccc(Cl)c(Cl)c1)C(=O)CN(c1ccc(Cl)cc1C)S(=O)(=O)c1ccc(C)cc1. The molecule has 0 aromatic heterocycles. The van der Waals surface area contributed by atoms with Gasteiger partial charge in [-0.05, 0) is 80.8 Å². The van der Waals surface area contributed by atoms with Gasteiger partial charge in [0, 0.05) is 18.1 Å². The molecular weight excluding hydrogens is 593 g/mol. The highest BCUT2D eigenvalue weighted by Gasteiger charge is 2.33. The van der Waals surface area contributed by atoms with E-state index in [2.05, 4.69) is 5.32 Å². The van der Waals surface area contributed by atoms with E-state index in [0.29, 0.717) is 38.4 Å². The van der Waals surface area contributed by atoms with Crippen molar-refractivity contribution in [3.05, 3.63) is 92.4 Å². The van der Waals surface area contributed by atoms with Crippen LogP contribution in [0, 0.1) is 13.8 Å². The molecule has 0 radical (unpaired) electrons. The highest BCUT2D eigenvalue weighted by molar-refractivity contribution is 7.92. The van der Waals surface area contributed by atoms with Crippen molar-refractivity contribution in [3.63, 3.8) is 0 Å². The van der Waals surface area contributed by atoms with Crippen LogP contribution in [-0.4, -0.2) is 44.3 Å². The van der Waals surface area contributed by atoms with Gasteiger partial charge in [0.15, 0.2) is 0 Å². The molecule has 3 rings (SSSR count). The van der Waals surface area contributed by atoms with Crippen molar-refractivity contribution in [1.29, 1.82) is 0 Å². The summed E-state index contributed by atoms with van der Waals surface area (Å²) in [7, 11) is -4.18. The van der Waals surface area contributed by atoms with Crippen LogP contribution in [0.25, 0.3) is 0 Å². The summed E-state index contributed by atoms with van der Waals surface area (Å²) in [6, 6.07) is 15.2. The summed E-state index contributed by atoms with van der Waals surface area (Å²) in [5.74, 6) is -0.930. The first-order chi connectivity index (χ1) is 18.8. The van der Waals surface area contributed by atoms with Gasteiger partial charge in [0.1, 0.15) is 12.6 Å². The second-order valence-electron chi connectivity index (χ2n) is 9.49. The molecule has 0 saturated carbocycles. The third-order valence-corrected chi connectivity index (χ3v) is 9.12. The number of nitrogens with zero attached hydrogens (tertiary/aromatic N) is 2. The zero-order chi connectivity index (χ0) is 29.6. The number of nitrogens with one attached hydrogen (secondary N) is 1. The molecule has 214 valence electrons. The van der Waals surface area contributed by atoms with Crippen LogP contribution in [0.3, 0.4) is 0 Å². The van der Waals surface area contributed by atoms with Crippen LogP contribution in [0.2, 0.25) is 15.1 Å². The standard InChI is InChI=1S/C29H32Cl3N3O4S/c1-5-14-33-29(37)21(4)34(17-22-8-12-25(31)26(32)16-22)28(36)18-35(27-13-9-23(30)15-20(27)3)40(38,39)24-10-6-19(2)7-11-24/h6-13,15-16,21H,5,14,17-18H2,1-4H3,(H,33,37)/t21-/m1/s1. The lowest BCUT2D eigenvalue weighted by atomic mass is 10.1. The van der Waals surface area contributed by atoms with Crippen molar-refractivity contribution in [3.8, 4) is 0 Å². The normalized spacial score (nSPS) is 12.1. The molecule has 0 saturated heterocycles. The van der Waals surface area contributed by atoms with Gasteiger partial charge in [0.25, 0.3) is 10.0 Å². The average Bonchev–Trinajstić information content (AvgIpc) is 2.91. The molecule has 0 spiro atoms. The third-order valence-electron chi connectivity index (χ3n) is 6.37. The number of anilines is 1. The van der Waals surface area contributed by atoms with Crippen molar-refractivity contribution in [2.24, 2.45) is 0 Å². The fourth-order valence-corrected chi connectivity index (χ4v) is 6.09. The van der Waals surface area contributed by atoms with E-state index in [9.17, 15) is 18.0 Å². The van der Waals surface area contributed by atoms with Crippen LogP contribution in [0.15, 0.2) is 65.6 Å². The lowest BCUT2D eigenvalue weighted by Gasteiger charge is -2.32. The van der Waals surface area contributed by atoms with Crippen LogP contribution < -0.4 is 9.62 Å². The number of benzene rings is 3. The van der Waals surface area contributed by atoms with Crippen molar-refractivity contribution in [2.45, 2.75) is 51.6 Å². The Labute approximate surface area is 251 Å². The first kappa shape index (κ1) is 31.7. The monoisotopic (exact) mass is 623 g/mol. The molecule has 0 heterocycles. The largest absolute Gasteiger partial charge is 0.354 e. The number of hydrogen-bond acceptors (Lipinski definition) is 4. The number of rotatable bonds is 11. The summed E-state index contributed by atoms with van der Waals surface area (Å²) < 4.78 is 28.9. The van der Waals surface area contributed by atoms with Crippen molar-refractivity contribution < 1.29 is 18.0 Å². The molecule has 0 unspecified atom stereocenters. The van der Waals surface area contributed by atoms with Crippen molar-refractivity contribution in [1.82, 2.24) is 10.2 Å². The summed E-state index contributed by atoms with van der Waals surface area (Å²) in [6.07, 6.45) is 0.720. The van der Waals surface area contributed by atoms with Gasteiger partial charge in [-0.3, -0.25) is 13.9 Å². The molecule has 3 aromatic rings. The zero-order valence-electron chi connectivity index (χ0n) is 22.7. The minimum atomic E-state index is -4.18. The van der Waals surface area contributed by atoms with Gasteiger partial charge in [0.2, 0.25) is 11.8 Å². The lowest BCUT2D eigenvalue weighted by Crippen LogP contribution is -2.51. The van der Waals surface area contributed by atoms with Crippen LogP contribution in [0.4, 0.5) is 5.69 Å². The number of carbonyl (C=O) groups is 2. The minimum Gasteiger partial charge on any atom is -0.354 e. The number of sulfonamides is 1. The number of amides is 2. The maximum atomic E-state index is 14.0. The van der Waals surface area contributed by atoms with E-state index in [1.807, 2.05) is 13.8 Å². The summed E-state index contributed by atoms with van der Waals surface area (Å²) in [5, 5.41) is 3.90. The van der Waals surface area contributed by atoms with Crippen molar-refractivity contribution in [2.75, 3.05) is 17.4 Å². The Hall–Kier alpha value is -2.78. The maximum absolute atomic E-state index is 14.0. The van der Waals surface area contributed by atoms with E-state index in [1.54, 1.807) is 62.4 Å². The van der Waals surface area contributed by atoms with Gasteiger partial charge in [-0.2, -0.15) is 0 Å². The van der Waals surface area contributed by atoms with Crippen LogP contribution >= 0.6 is 34.8 Å². The summed E-state index contributed by atoms with van der Waals surface area (Å²) in [4.78, 5) is 28.3. The lowest BCUT2D eigenvalue weighted by molar-refractivity contribution is -0.139. The molecule has 0 aliphatic heterocycles. The molecule has 1 atom stereocenters. The fraction of sp³-hybridized carbons (Fsp3) is 0.310. The van der Waals surface area contributed by atoms with Gasteiger partial charge in [-0.1, -0.05) is 65.5 Å². The van der Waals surface area contributed by atoms with Gasteiger partial charge in [-0.25, -0.2) is 8.42 Å². The Bertz CT molecular complexity index is 1480. The summed E-state index contributed by atoms with van der Waals surface area (Å²) in [5.41, 5.74) is 2.40. The van der Waals surface area contributed by atoms with Crippen LogP contribution in [0.1, 0.15) is 37.0 Å². The van der Waals surface area contributed by atoms with E-state index in [1.165, 1.54) is 17.0 Å². The second kappa shape index (κ2) is 13.7. The molecular formula is C29H32Cl3N3O4S. The molecule has 11 heteroatoms. The first-order valence-electron chi connectivity index (χ1n) is 12.7. The van der Waals surface area contributed by atoms with Crippen LogP contribution in [-0.2, 0) is 26.2 Å². The predicted octanol–water partition coefficient (Wildman–Crippen LogP) is 6.40. The van der Waals surface area contributed by atoms with E-state index < -0.39 is 28.5 Å². The molecule has 3 aromatic carbocycles. The minimum absolute atomic E-state index is 0.00839. The Morgan fingerprint density at radius 1 is 0.925 bits per heavy atom. The molecule has 7 nitrogen and oxygen atoms in total. The highest BCUT2D eigenvalue weighted by atomic mass is 35.5. The van der Waals surface area contributed by atoms with E-state index in [0.717, 1.165) is 16.3 Å². The third kappa shape index (κ3) is 7.69. The maximum Gasteiger partial charge on any atom is 0.264 e. The molecule has 0 fully saturated rings. The van der Waals surface area contributed by atoms with E-state index in [4.69, 9.17) is 34.8 Å². The quantitative estimate of drug-likeness (QED) is 0.267. The van der Waals surface area contributed by atoms with Crippen LogP contribution in [0.5, 0.6) is 0 Å². The average molecular weight is 625 g/mol. The zero-order valence-corrected chi connectivity index (χ0v) is 25.8. The molecule has 1 N–H and O–H groups in total. The first-order valence-corrected chi connectivity index (χ1v) is 15.3. The Kier molecular flexibility index (Phi) is 10.9. The van der Waals surface area contributed by atoms with Crippen molar-refractivity contribution >= 4 is 62.3 Å². The number of carbonyl (C=O) groups excluding carboxylic acids is 2. The molecule has 0 bridgehead atoms. The van der Waals surface area contributed by atoms with E-state index in [-0.39, 0.29) is 17.3 Å². The molecule has 0 aliphatic carbocycles. The van der Waals surface area contributed by atoms with Gasteiger partial charge in [-0.15, -0.1) is 0 Å². The Morgan fingerprint density at radius 3 is 2.20 bits per heavy atom. The smallest absolute Gasteiger partial charge is 0.264 e. The van der Waals surface area contributed by atoms with Gasteiger partial charge < -0.3 is 10.2 Å². The highest BCUT2D eigenvalue weighted by Crippen LogP contribution is 2.30. The van der Waals surface area contributed by atoms with Gasteiger partial charge >= 0.3 is 0 Å². The predicted molar refractivity (Wildman–Crippen MR) is 162 cm³/mol. The Balaban J connectivity index is 2.06. The van der Waals surface area contributed by atoms with Gasteiger partial charge in [0.05, 0.1) is 20.6 Å².